The van der Waals surface area contributed by atoms with Crippen LogP contribution in [0.3, 0.4) is 0 Å². The van der Waals surface area contributed by atoms with E-state index < -0.39 is 0 Å². The van der Waals surface area contributed by atoms with Crippen LogP contribution >= 0.6 is 22.6 Å². The van der Waals surface area contributed by atoms with Gasteiger partial charge in [-0.05, 0) is 65.2 Å². The van der Waals surface area contributed by atoms with Crippen molar-refractivity contribution in [1.29, 1.82) is 0 Å². The summed E-state index contributed by atoms with van der Waals surface area (Å²) in [5, 5.41) is 10.4. The van der Waals surface area contributed by atoms with Crippen LogP contribution in [0.5, 0.6) is 0 Å². The number of aromatic amines is 2. The lowest BCUT2D eigenvalue weighted by molar-refractivity contribution is 0.100. The van der Waals surface area contributed by atoms with Gasteiger partial charge in [-0.3, -0.25) is 9.88 Å². The van der Waals surface area contributed by atoms with Crippen LogP contribution in [0.1, 0.15) is 35.8 Å². The van der Waals surface area contributed by atoms with Crippen molar-refractivity contribution >= 4 is 22.6 Å². The van der Waals surface area contributed by atoms with Gasteiger partial charge in [-0.2, -0.15) is 5.10 Å². The number of rotatable bonds is 6. The molecule has 28 heavy (non-hydrogen) atoms. The molecular weight excluding hydrogens is 465 g/mol. The minimum absolute atomic E-state index is 0.234. The predicted octanol–water partition coefficient (Wildman–Crippen LogP) is 3.20. The first-order chi connectivity index (χ1) is 13.7. The molecule has 1 aliphatic heterocycles. The molecule has 146 valence electrons. The summed E-state index contributed by atoms with van der Waals surface area (Å²) >= 11 is 2.36. The highest BCUT2D eigenvalue weighted by atomic mass is 127. The SMILES string of the molecule is O=c1[nH]nc(CN2CCC[C@H](NCc3cccc(I)c3)[C@@H]2c2ccccc2)[nH]1. The Bertz CT molecular complexity index is 954. The first kappa shape index (κ1) is 19.4. The molecule has 4 rings (SSSR count). The number of nitrogens with one attached hydrogen (secondary N) is 3. The number of likely N-dealkylation sites (tertiary alicyclic amines) is 1. The molecule has 0 aliphatic carbocycles. The number of nitrogens with zero attached hydrogens (tertiary/aromatic N) is 2. The highest BCUT2D eigenvalue weighted by Crippen LogP contribution is 2.32. The molecule has 1 saturated heterocycles. The predicted molar refractivity (Wildman–Crippen MR) is 118 cm³/mol. The highest BCUT2D eigenvalue weighted by molar-refractivity contribution is 14.1. The summed E-state index contributed by atoms with van der Waals surface area (Å²) in [6.45, 7) is 2.45. The maximum absolute atomic E-state index is 11.4. The Hall–Kier alpha value is -1.97. The van der Waals surface area contributed by atoms with Crippen molar-refractivity contribution in [2.45, 2.75) is 38.0 Å². The molecule has 0 radical (unpaired) electrons. The van der Waals surface area contributed by atoms with E-state index in [0.29, 0.717) is 18.4 Å². The highest BCUT2D eigenvalue weighted by Gasteiger charge is 2.32. The van der Waals surface area contributed by atoms with Gasteiger partial charge < -0.3 is 5.32 Å². The lowest BCUT2D eigenvalue weighted by atomic mass is 9.90. The van der Waals surface area contributed by atoms with Gasteiger partial charge in [0.1, 0.15) is 5.82 Å². The second kappa shape index (κ2) is 9.02. The van der Waals surface area contributed by atoms with Crippen molar-refractivity contribution in [1.82, 2.24) is 25.4 Å². The number of hydrogen-bond acceptors (Lipinski definition) is 4. The van der Waals surface area contributed by atoms with Crippen LogP contribution in [0.25, 0.3) is 0 Å². The summed E-state index contributed by atoms with van der Waals surface area (Å²) in [6, 6.07) is 19.8. The molecule has 0 bridgehead atoms. The second-order valence-corrected chi connectivity index (χ2v) is 8.46. The summed E-state index contributed by atoms with van der Waals surface area (Å²) in [5.74, 6) is 0.684. The van der Waals surface area contributed by atoms with Crippen LogP contribution < -0.4 is 11.0 Å². The molecule has 3 aromatic rings. The summed E-state index contributed by atoms with van der Waals surface area (Å²) in [5.41, 5.74) is 2.34. The third kappa shape index (κ3) is 4.71. The molecule has 2 heterocycles. The van der Waals surface area contributed by atoms with Crippen molar-refractivity contribution in [3.05, 3.63) is 85.6 Å². The van der Waals surface area contributed by atoms with Gasteiger partial charge in [0.25, 0.3) is 0 Å². The molecule has 2 aromatic carbocycles. The molecule has 0 amide bonds. The topological polar surface area (TPSA) is 76.8 Å². The molecule has 0 saturated carbocycles. The Balaban J connectivity index is 1.55. The van der Waals surface area contributed by atoms with Gasteiger partial charge in [0.05, 0.1) is 12.6 Å². The fourth-order valence-electron chi connectivity index (χ4n) is 4.02. The van der Waals surface area contributed by atoms with Crippen molar-refractivity contribution in [2.75, 3.05) is 6.54 Å². The zero-order chi connectivity index (χ0) is 19.3. The van der Waals surface area contributed by atoms with Crippen LogP contribution in [0.15, 0.2) is 59.4 Å². The Morgan fingerprint density at radius 3 is 2.79 bits per heavy atom. The number of benzene rings is 2. The molecular formula is C21H24IN5O. The van der Waals surface area contributed by atoms with Crippen LogP contribution in [0.2, 0.25) is 0 Å². The van der Waals surface area contributed by atoms with E-state index in [2.05, 4.69) is 103 Å². The average Bonchev–Trinajstić information content (AvgIpc) is 3.12. The van der Waals surface area contributed by atoms with Crippen LogP contribution in [0.4, 0.5) is 0 Å². The van der Waals surface area contributed by atoms with E-state index in [1.807, 2.05) is 0 Å². The lowest BCUT2D eigenvalue weighted by Crippen LogP contribution is -2.47. The molecule has 6 nitrogen and oxygen atoms in total. The Morgan fingerprint density at radius 2 is 2.04 bits per heavy atom. The number of aromatic nitrogens is 3. The molecule has 3 N–H and O–H groups in total. The van der Waals surface area contributed by atoms with Crippen LogP contribution in [0, 0.1) is 3.57 Å². The van der Waals surface area contributed by atoms with E-state index in [-0.39, 0.29) is 11.7 Å². The first-order valence-corrected chi connectivity index (χ1v) is 10.7. The summed E-state index contributed by atoms with van der Waals surface area (Å²) in [7, 11) is 0. The van der Waals surface area contributed by atoms with Gasteiger partial charge in [-0.15, -0.1) is 0 Å². The number of hydrogen-bond donors (Lipinski definition) is 3. The normalized spacial score (nSPS) is 20.3. The van der Waals surface area contributed by atoms with Crippen LogP contribution in [-0.4, -0.2) is 32.7 Å². The Labute approximate surface area is 177 Å². The minimum atomic E-state index is -0.253. The molecule has 1 aromatic heterocycles. The monoisotopic (exact) mass is 489 g/mol. The van der Waals surface area contributed by atoms with Crippen molar-refractivity contribution in [3.8, 4) is 0 Å². The quantitative estimate of drug-likeness (QED) is 0.465. The fourth-order valence-corrected chi connectivity index (χ4v) is 4.63. The number of piperidine rings is 1. The first-order valence-electron chi connectivity index (χ1n) is 9.59. The maximum Gasteiger partial charge on any atom is 0.340 e. The number of H-pyrrole nitrogens is 2. The zero-order valence-corrected chi connectivity index (χ0v) is 17.7. The molecule has 0 spiro atoms. The zero-order valence-electron chi connectivity index (χ0n) is 15.6. The largest absolute Gasteiger partial charge is 0.340 e. The number of halogens is 1. The third-order valence-electron chi connectivity index (χ3n) is 5.24. The maximum atomic E-state index is 11.4. The van der Waals surface area contributed by atoms with E-state index in [1.54, 1.807) is 0 Å². The van der Waals surface area contributed by atoms with Gasteiger partial charge in [0, 0.05) is 16.2 Å². The fraction of sp³-hybridized carbons (Fsp3) is 0.333. The van der Waals surface area contributed by atoms with E-state index in [9.17, 15) is 4.79 Å². The molecule has 1 fully saturated rings. The van der Waals surface area contributed by atoms with E-state index in [1.165, 1.54) is 14.7 Å². The van der Waals surface area contributed by atoms with Crippen LogP contribution in [-0.2, 0) is 13.1 Å². The summed E-state index contributed by atoms with van der Waals surface area (Å²) in [6.07, 6.45) is 2.24. The molecule has 1 aliphatic rings. The van der Waals surface area contributed by atoms with Gasteiger partial charge in [0.15, 0.2) is 0 Å². The van der Waals surface area contributed by atoms with Gasteiger partial charge in [0.2, 0.25) is 0 Å². The van der Waals surface area contributed by atoms with Gasteiger partial charge in [-0.1, -0.05) is 42.5 Å². The summed E-state index contributed by atoms with van der Waals surface area (Å²) < 4.78 is 1.25. The molecule has 7 heteroatoms. The van der Waals surface area contributed by atoms with Crippen molar-refractivity contribution in [2.24, 2.45) is 0 Å². The minimum Gasteiger partial charge on any atom is -0.308 e. The Morgan fingerprint density at radius 1 is 1.18 bits per heavy atom. The second-order valence-electron chi connectivity index (χ2n) is 7.21. The lowest BCUT2D eigenvalue weighted by Gasteiger charge is -2.41. The van der Waals surface area contributed by atoms with Crippen molar-refractivity contribution < 1.29 is 0 Å². The van der Waals surface area contributed by atoms with E-state index in [4.69, 9.17) is 0 Å². The average molecular weight is 489 g/mol. The van der Waals surface area contributed by atoms with Gasteiger partial charge in [-0.25, -0.2) is 9.89 Å². The Kier molecular flexibility index (Phi) is 6.23. The smallest absolute Gasteiger partial charge is 0.308 e. The van der Waals surface area contributed by atoms with Gasteiger partial charge >= 0.3 is 5.69 Å². The van der Waals surface area contributed by atoms with E-state index >= 15 is 0 Å². The molecule has 0 unspecified atom stereocenters. The van der Waals surface area contributed by atoms with Crippen molar-refractivity contribution in [3.63, 3.8) is 0 Å². The molecule has 2 atom stereocenters. The van der Waals surface area contributed by atoms with E-state index in [0.717, 1.165) is 25.9 Å². The third-order valence-corrected chi connectivity index (χ3v) is 5.91. The standard InChI is InChI=1S/C21H24IN5O/c22-17-9-4-6-15(12-17)13-23-18-10-5-11-27(14-19-24-21(28)26-25-19)20(18)16-7-2-1-3-8-16/h1-4,6-9,12,18,20,23H,5,10-11,13-14H2,(H2,24,25,26,28)/t18-,20-/m0/s1. The summed E-state index contributed by atoms with van der Waals surface area (Å²) in [4.78, 5) is 16.6.